The first kappa shape index (κ1) is 19.1. The molecule has 0 aliphatic carbocycles. The summed E-state index contributed by atoms with van der Waals surface area (Å²) in [7, 11) is 1.74. The first-order valence-electron chi connectivity index (χ1n) is 8.47. The number of aromatic nitrogens is 1. The van der Waals surface area contributed by atoms with E-state index in [9.17, 15) is 0 Å². The van der Waals surface area contributed by atoms with Gasteiger partial charge in [-0.05, 0) is 24.6 Å². The molecule has 1 heterocycles. The van der Waals surface area contributed by atoms with Gasteiger partial charge in [-0.3, -0.25) is 4.99 Å². The van der Waals surface area contributed by atoms with Crippen LogP contribution in [0.3, 0.4) is 0 Å². The van der Waals surface area contributed by atoms with Gasteiger partial charge in [0.25, 0.3) is 0 Å². The van der Waals surface area contributed by atoms with Crippen LogP contribution >= 0.6 is 11.6 Å². The Morgan fingerprint density at radius 2 is 2.12 bits per heavy atom. The summed E-state index contributed by atoms with van der Waals surface area (Å²) in [6, 6.07) is 7.35. The number of hydrogen-bond acceptors (Lipinski definition) is 4. The molecule has 0 radical (unpaired) electrons. The highest BCUT2D eigenvalue weighted by molar-refractivity contribution is 6.30. The van der Waals surface area contributed by atoms with Gasteiger partial charge < -0.3 is 19.9 Å². The Hall–Kier alpha value is -2.21. The predicted octanol–water partition coefficient (Wildman–Crippen LogP) is 3.20. The van der Waals surface area contributed by atoms with Gasteiger partial charge in [-0.1, -0.05) is 36.7 Å². The molecule has 7 heteroatoms. The third-order valence-electron chi connectivity index (χ3n) is 3.72. The largest absolute Gasteiger partial charge is 0.492 e. The van der Waals surface area contributed by atoms with Crippen LogP contribution in [0.1, 0.15) is 30.9 Å². The van der Waals surface area contributed by atoms with E-state index in [0.717, 1.165) is 35.6 Å². The summed E-state index contributed by atoms with van der Waals surface area (Å²) in [6.45, 7) is 5.89. The van der Waals surface area contributed by atoms with Crippen molar-refractivity contribution < 1.29 is 9.26 Å². The summed E-state index contributed by atoms with van der Waals surface area (Å²) >= 11 is 5.93. The van der Waals surface area contributed by atoms with Gasteiger partial charge in [0.15, 0.2) is 5.96 Å². The molecule has 6 nitrogen and oxygen atoms in total. The number of benzene rings is 1. The third kappa shape index (κ3) is 5.67. The van der Waals surface area contributed by atoms with Gasteiger partial charge in [-0.25, -0.2) is 0 Å². The van der Waals surface area contributed by atoms with Crippen LogP contribution in [0, 0.1) is 0 Å². The van der Waals surface area contributed by atoms with Crippen LogP contribution in [-0.2, 0) is 19.4 Å². The Labute approximate surface area is 153 Å². The van der Waals surface area contributed by atoms with E-state index in [1.807, 2.05) is 18.2 Å². The van der Waals surface area contributed by atoms with Crippen LogP contribution in [0.4, 0.5) is 0 Å². The zero-order chi connectivity index (χ0) is 18.1. The fraction of sp³-hybridized carbons (Fsp3) is 0.444. The van der Waals surface area contributed by atoms with Gasteiger partial charge in [0, 0.05) is 30.6 Å². The van der Waals surface area contributed by atoms with Crippen LogP contribution in [0.15, 0.2) is 33.8 Å². The van der Waals surface area contributed by atoms with Crippen molar-refractivity contribution in [1.82, 2.24) is 15.8 Å². The average molecular weight is 365 g/mol. The number of rotatable bonds is 8. The Bertz CT molecular complexity index is 679. The molecule has 1 aromatic carbocycles. The van der Waals surface area contributed by atoms with Gasteiger partial charge in [0.2, 0.25) is 0 Å². The van der Waals surface area contributed by atoms with Crippen molar-refractivity contribution in [2.45, 2.75) is 33.2 Å². The van der Waals surface area contributed by atoms with Crippen molar-refractivity contribution in [3.63, 3.8) is 0 Å². The topological polar surface area (TPSA) is 71.7 Å². The fourth-order valence-electron chi connectivity index (χ4n) is 2.43. The van der Waals surface area contributed by atoms with Crippen molar-refractivity contribution in [3.8, 4) is 5.75 Å². The average Bonchev–Trinajstić information content (AvgIpc) is 3.03. The number of guanidine groups is 1. The lowest BCUT2D eigenvalue weighted by molar-refractivity contribution is 0.322. The Morgan fingerprint density at radius 3 is 2.80 bits per heavy atom. The van der Waals surface area contributed by atoms with E-state index in [2.05, 4.69) is 34.6 Å². The molecule has 0 spiro atoms. The van der Waals surface area contributed by atoms with Crippen molar-refractivity contribution >= 4 is 17.6 Å². The number of nitrogens with zero attached hydrogens (tertiary/aromatic N) is 2. The quantitative estimate of drug-likeness (QED) is 0.427. The smallest absolute Gasteiger partial charge is 0.191 e. The molecular weight excluding hydrogens is 340 g/mol. The van der Waals surface area contributed by atoms with Crippen molar-refractivity contribution in [2.75, 3.05) is 20.2 Å². The molecule has 0 unspecified atom stereocenters. The van der Waals surface area contributed by atoms with E-state index >= 15 is 0 Å². The van der Waals surface area contributed by atoms with Gasteiger partial charge in [0.1, 0.15) is 18.1 Å². The van der Waals surface area contributed by atoms with E-state index in [1.54, 1.807) is 13.1 Å². The maximum absolute atomic E-state index is 5.93. The van der Waals surface area contributed by atoms with E-state index < -0.39 is 0 Å². The molecule has 2 N–H and O–H groups in total. The van der Waals surface area contributed by atoms with Gasteiger partial charge >= 0.3 is 0 Å². The normalized spacial score (nSPS) is 11.4. The maximum Gasteiger partial charge on any atom is 0.191 e. The van der Waals surface area contributed by atoms with Gasteiger partial charge in [0.05, 0.1) is 12.2 Å². The first-order valence-corrected chi connectivity index (χ1v) is 8.84. The first-order chi connectivity index (χ1) is 12.2. The summed E-state index contributed by atoms with van der Waals surface area (Å²) in [5, 5.41) is 11.3. The molecule has 2 aromatic rings. The molecule has 25 heavy (non-hydrogen) atoms. The number of nitrogens with one attached hydrogen (secondary N) is 2. The lowest BCUT2D eigenvalue weighted by Gasteiger charge is -2.13. The van der Waals surface area contributed by atoms with Gasteiger partial charge in [-0.15, -0.1) is 0 Å². The lowest BCUT2D eigenvalue weighted by atomic mass is 10.1. The van der Waals surface area contributed by atoms with E-state index in [0.29, 0.717) is 30.7 Å². The summed E-state index contributed by atoms with van der Waals surface area (Å²) in [5.41, 5.74) is 2.10. The standard InChI is InChI=1S/C18H25ClN4O2/c1-4-16-15(17(5-2)25-23-16)12-22-18(20-3)21-9-10-24-14-8-6-7-13(19)11-14/h6-8,11H,4-5,9-10,12H2,1-3H3,(H2,20,21,22). The van der Waals surface area contributed by atoms with E-state index in [-0.39, 0.29) is 0 Å². The summed E-state index contributed by atoms with van der Waals surface area (Å²) in [4.78, 5) is 4.22. The molecule has 136 valence electrons. The van der Waals surface area contributed by atoms with Crippen LogP contribution < -0.4 is 15.4 Å². The number of ether oxygens (including phenoxy) is 1. The number of hydrogen-bond donors (Lipinski definition) is 2. The van der Waals surface area contributed by atoms with Crippen molar-refractivity contribution in [3.05, 3.63) is 46.3 Å². The van der Waals surface area contributed by atoms with Crippen LogP contribution in [0.5, 0.6) is 5.75 Å². The highest BCUT2D eigenvalue weighted by Gasteiger charge is 2.13. The second kappa shape index (κ2) is 9.93. The van der Waals surface area contributed by atoms with Crippen LogP contribution in [0.2, 0.25) is 5.02 Å². The molecule has 0 atom stereocenters. The number of aliphatic imine (C=N–C) groups is 1. The molecule has 0 amide bonds. The number of halogens is 1. The minimum Gasteiger partial charge on any atom is -0.492 e. The zero-order valence-electron chi connectivity index (χ0n) is 14.9. The van der Waals surface area contributed by atoms with Crippen molar-refractivity contribution in [1.29, 1.82) is 0 Å². The summed E-state index contributed by atoms with van der Waals surface area (Å²) in [5.74, 6) is 2.38. The van der Waals surface area contributed by atoms with Crippen LogP contribution in [0.25, 0.3) is 0 Å². The highest BCUT2D eigenvalue weighted by Crippen LogP contribution is 2.17. The monoisotopic (exact) mass is 364 g/mol. The zero-order valence-corrected chi connectivity index (χ0v) is 15.7. The lowest BCUT2D eigenvalue weighted by Crippen LogP contribution is -2.39. The summed E-state index contributed by atoms with van der Waals surface area (Å²) < 4.78 is 11.0. The van der Waals surface area contributed by atoms with Crippen molar-refractivity contribution in [2.24, 2.45) is 4.99 Å². The minimum atomic E-state index is 0.509. The number of aryl methyl sites for hydroxylation is 2. The summed E-state index contributed by atoms with van der Waals surface area (Å²) in [6.07, 6.45) is 1.67. The molecule has 0 aliphatic heterocycles. The molecule has 0 fully saturated rings. The molecule has 0 saturated carbocycles. The fourth-order valence-corrected chi connectivity index (χ4v) is 2.61. The second-order valence-corrected chi connectivity index (χ2v) is 5.83. The van der Waals surface area contributed by atoms with E-state index in [1.165, 1.54) is 0 Å². The molecule has 2 rings (SSSR count). The molecular formula is C18H25ClN4O2. The highest BCUT2D eigenvalue weighted by atomic mass is 35.5. The Balaban J connectivity index is 1.78. The predicted molar refractivity (Wildman–Crippen MR) is 100 cm³/mol. The SMILES string of the molecule is CCc1noc(CC)c1CNC(=NC)NCCOc1cccc(Cl)c1. The molecule has 1 aromatic heterocycles. The Kier molecular flexibility index (Phi) is 7.60. The second-order valence-electron chi connectivity index (χ2n) is 5.40. The maximum atomic E-state index is 5.93. The Morgan fingerprint density at radius 1 is 1.28 bits per heavy atom. The van der Waals surface area contributed by atoms with Gasteiger partial charge in [-0.2, -0.15) is 0 Å². The molecule has 0 saturated heterocycles. The molecule has 0 bridgehead atoms. The third-order valence-corrected chi connectivity index (χ3v) is 3.96. The minimum absolute atomic E-state index is 0.509. The van der Waals surface area contributed by atoms with E-state index in [4.69, 9.17) is 20.9 Å². The van der Waals surface area contributed by atoms with Crippen LogP contribution in [-0.4, -0.2) is 31.3 Å². The molecule has 0 aliphatic rings.